The lowest BCUT2D eigenvalue weighted by Gasteiger charge is -2.27. The van der Waals surface area contributed by atoms with E-state index in [1.807, 2.05) is 18.0 Å². The van der Waals surface area contributed by atoms with Crippen molar-refractivity contribution in [1.29, 1.82) is 0 Å². The maximum atomic E-state index is 13.0. The molecule has 0 spiro atoms. The van der Waals surface area contributed by atoms with Gasteiger partial charge in [-0.05, 0) is 36.9 Å². The Bertz CT molecular complexity index is 618. The first kappa shape index (κ1) is 15.0. The Morgan fingerprint density at radius 2 is 2.05 bits per heavy atom. The van der Waals surface area contributed by atoms with E-state index >= 15 is 0 Å². The number of nitrogens with zero attached hydrogens (tertiary/aromatic N) is 1. The molecule has 1 aliphatic heterocycles. The number of fused-ring (bicyclic) bond motifs is 1. The van der Waals surface area contributed by atoms with Gasteiger partial charge in [-0.1, -0.05) is 55.0 Å². The van der Waals surface area contributed by atoms with Crippen molar-refractivity contribution >= 4 is 5.91 Å². The second-order valence-electron chi connectivity index (χ2n) is 6.26. The number of rotatable bonds is 3. The highest BCUT2D eigenvalue weighted by atomic mass is 16.2. The summed E-state index contributed by atoms with van der Waals surface area (Å²) in [5, 5.41) is 3.21. The molecule has 2 unspecified atom stereocenters. The molecule has 1 amide bonds. The van der Waals surface area contributed by atoms with Crippen LogP contribution in [0.3, 0.4) is 0 Å². The number of allylic oxidation sites excluding steroid dienone is 3. The minimum absolute atomic E-state index is 0.190. The van der Waals surface area contributed by atoms with Crippen molar-refractivity contribution in [2.75, 3.05) is 20.1 Å². The van der Waals surface area contributed by atoms with Crippen LogP contribution in [0.1, 0.15) is 42.9 Å². The summed E-state index contributed by atoms with van der Waals surface area (Å²) in [6, 6.07) is 8.09. The monoisotopic (exact) mass is 296 g/mol. The molecule has 0 radical (unpaired) electrons. The summed E-state index contributed by atoms with van der Waals surface area (Å²) >= 11 is 0. The van der Waals surface area contributed by atoms with E-state index in [2.05, 4.69) is 48.7 Å². The molecule has 0 saturated heterocycles. The van der Waals surface area contributed by atoms with E-state index in [0.717, 1.165) is 31.5 Å². The summed E-state index contributed by atoms with van der Waals surface area (Å²) in [6.45, 7) is 3.75. The van der Waals surface area contributed by atoms with Gasteiger partial charge in [0, 0.05) is 13.1 Å². The van der Waals surface area contributed by atoms with E-state index < -0.39 is 0 Å². The summed E-state index contributed by atoms with van der Waals surface area (Å²) in [5.74, 6) is 0.549. The Morgan fingerprint density at radius 3 is 2.73 bits per heavy atom. The number of hydrogen-bond donors (Lipinski definition) is 1. The van der Waals surface area contributed by atoms with Crippen LogP contribution in [0.25, 0.3) is 0 Å². The van der Waals surface area contributed by atoms with Crippen molar-refractivity contribution in [2.45, 2.75) is 31.7 Å². The lowest BCUT2D eigenvalue weighted by molar-refractivity contribution is -0.133. The molecule has 3 nitrogen and oxygen atoms in total. The maximum absolute atomic E-state index is 13.0. The van der Waals surface area contributed by atoms with Crippen LogP contribution in [0.4, 0.5) is 0 Å². The molecular formula is C19H24N2O. The van der Waals surface area contributed by atoms with Crippen LogP contribution >= 0.6 is 0 Å². The predicted molar refractivity (Wildman–Crippen MR) is 89.7 cm³/mol. The predicted octanol–water partition coefficient (Wildman–Crippen LogP) is 3.17. The number of carbonyl (C=O) groups is 1. The molecule has 0 fully saturated rings. The molecule has 2 atom stereocenters. The van der Waals surface area contributed by atoms with E-state index in [-0.39, 0.29) is 11.9 Å². The van der Waals surface area contributed by atoms with Crippen LogP contribution in [0.15, 0.2) is 48.1 Å². The normalized spacial score (nSPS) is 24.7. The average molecular weight is 296 g/mol. The molecule has 1 aliphatic carbocycles. The number of amides is 1. The molecule has 3 rings (SSSR count). The summed E-state index contributed by atoms with van der Waals surface area (Å²) in [7, 11) is 1.87. The molecule has 1 aromatic rings. The van der Waals surface area contributed by atoms with Crippen LogP contribution < -0.4 is 5.32 Å². The average Bonchev–Trinajstić information content (AvgIpc) is 2.65. The van der Waals surface area contributed by atoms with Crippen LogP contribution in [0.5, 0.6) is 0 Å². The molecule has 22 heavy (non-hydrogen) atoms. The molecule has 1 N–H and O–H groups in total. The Morgan fingerprint density at radius 1 is 1.27 bits per heavy atom. The van der Waals surface area contributed by atoms with Crippen LogP contribution in [-0.2, 0) is 4.79 Å². The van der Waals surface area contributed by atoms with Gasteiger partial charge in [-0.3, -0.25) is 4.79 Å². The van der Waals surface area contributed by atoms with E-state index in [4.69, 9.17) is 0 Å². The van der Waals surface area contributed by atoms with Crippen LogP contribution in [0.2, 0.25) is 0 Å². The molecule has 116 valence electrons. The van der Waals surface area contributed by atoms with Gasteiger partial charge in [0.05, 0.1) is 0 Å². The van der Waals surface area contributed by atoms with Crippen molar-refractivity contribution in [3.63, 3.8) is 0 Å². The summed E-state index contributed by atoms with van der Waals surface area (Å²) < 4.78 is 0. The van der Waals surface area contributed by atoms with Crippen LogP contribution in [0, 0.1) is 0 Å². The second kappa shape index (κ2) is 6.49. The Labute approximate surface area is 132 Å². The third-order valence-corrected chi connectivity index (χ3v) is 4.67. The Hall–Kier alpha value is -1.87. The van der Waals surface area contributed by atoms with Crippen molar-refractivity contribution < 1.29 is 4.79 Å². The van der Waals surface area contributed by atoms with Crippen LogP contribution in [-0.4, -0.2) is 30.9 Å². The Kier molecular flexibility index (Phi) is 4.44. The minimum Gasteiger partial charge on any atom is -0.336 e. The van der Waals surface area contributed by atoms with E-state index in [1.54, 1.807) is 0 Å². The molecule has 3 heteroatoms. The van der Waals surface area contributed by atoms with Gasteiger partial charge in [0.25, 0.3) is 0 Å². The topological polar surface area (TPSA) is 32.3 Å². The van der Waals surface area contributed by atoms with Gasteiger partial charge in [-0.25, -0.2) is 0 Å². The van der Waals surface area contributed by atoms with Gasteiger partial charge < -0.3 is 10.2 Å². The molecule has 0 saturated carbocycles. The highest BCUT2D eigenvalue weighted by Crippen LogP contribution is 2.31. The summed E-state index contributed by atoms with van der Waals surface area (Å²) in [6.07, 6.45) is 8.59. The van der Waals surface area contributed by atoms with Gasteiger partial charge >= 0.3 is 0 Å². The maximum Gasteiger partial charge on any atom is 0.244 e. The van der Waals surface area contributed by atoms with E-state index in [9.17, 15) is 4.79 Å². The molecule has 2 aliphatic rings. The van der Waals surface area contributed by atoms with Gasteiger partial charge in [-0.15, -0.1) is 0 Å². The fourth-order valence-corrected chi connectivity index (χ4v) is 3.51. The molecular weight excluding hydrogens is 272 g/mol. The standard InChI is InChI=1S/C19H24N2O/c1-14-12-21(13-15-8-4-3-5-9-15)19(22)18(20-2)17-11-7-6-10-16(14)17/h3-4,6-8,10-11,14,18,20H,5,9,12-13H2,1-2H3. The quantitative estimate of drug-likeness (QED) is 0.929. The van der Waals surface area contributed by atoms with Gasteiger partial charge in [0.2, 0.25) is 5.91 Å². The third-order valence-electron chi connectivity index (χ3n) is 4.67. The first-order chi connectivity index (χ1) is 10.7. The minimum atomic E-state index is -0.235. The van der Waals surface area contributed by atoms with E-state index in [1.165, 1.54) is 11.1 Å². The number of carbonyl (C=O) groups excluding carboxylic acids is 1. The summed E-state index contributed by atoms with van der Waals surface area (Å²) in [4.78, 5) is 15.0. The molecule has 1 heterocycles. The zero-order valence-corrected chi connectivity index (χ0v) is 13.4. The van der Waals surface area contributed by atoms with Crippen molar-refractivity contribution in [3.05, 3.63) is 59.2 Å². The number of likely N-dealkylation sites (N-methyl/N-ethyl adjacent to an activating group) is 1. The first-order valence-electron chi connectivity index (χ1n) is 8.10. The molecule has 0 bridgehead atoms. The smallest absolute Gasteiger partial charge is 0.244 e. The molecule has 0 aromatic heterocycles. The van der Waals surface area contributed by atoms with Crippen molar-refractivity contribution in [1.82, 2.24) is 10.2 Å². The zero-order chi connectivity index (χ0) is 15.5. The highest BCUT2D eigenvalue weighted by molar-refractivity contribution is 5.85. The first-order valence-corrected chi connectivity index (χ1v) is 8.10. The Balaban J connectivity index is 1.90. The second-order valence-corrected chi connectivity index (χ2v) is 6.26. The summed E-state index contributed by atoms with van der Waals surface area (Å²) in [5.41, 5.74) is 3.77. The van der Waals surface area contributed by atoms with Gasteiger partial charge in [0.15, 0.2) is 0 Å². The molecule has 1 aromatic carbocycles. The number of benzene rings is 1. The fourth-order valence-electron chi connectivity index (χ4n) is 3.51. The van der Waals surface area contributed by atoms with E-state index in [0.29, 0.717) is 5.92 Å². The van der Waals surface area contributed by atoms with Crippen molar-refractivity contribution in [3.8, 4) is 0 Å². The van der Waals surface area contributed by atoms with Gasteiger partial charge in [-0.2, -0.15) is 0 Å². The SMILES string of the molecule is CNC1C(=O)N(CC2=CC=CCC2)CC(C)c2ccccc21. The number of nitrogens with one attached hydrogen (secondary N) is 1. The highest BCUT2D eigenvalue weighted by Gasteiger charge is 2.32. The van der Waals surface area contributed by atoms with Gasteiger partial charge in [0.1, 0.15) is 6.04 Å². The fraction of sp³-hybridized carbons (Fsp3) is 0.421. The zero-order valence-electron chi connectivity index (χ0n) is 13.4. The lowest BCUT2D eigenvalue weighted by Crippen LogP contribution is -2.40. The lowest BCUT2D eigenvalue weighted by atomic mass is 9.93. The largest absolute Gasteiger partial charge is 0.336 e. The van der Waals surface area contributed by atoms with Crippen molar-refractivity contribution in [2.24, 2.45) is 0 Å². The third kappa shape index (κ3) is 2.86. The number of hydrogen-bond acceptors (Lipinski definition) is 2.